The van der Waals surface area contributed by atoms with Crippen LogP contribution in [0.25, 0.3) is 0 Å². The number of carboxylic acids is 1. The van der Waals surface area contributed by atoms with Gasteiger partial charge in [0.2, 0.25) is 0 Å². The van der Waals surface area contributed by atoms with Gasteiger partial charge >= 0.3 is 5.97 Å². The van der Waals surface area contributed by atoms with Gasteiger partial charge in [0.1, 0.15) is 0 Å². The van der Waals surface area contributed by atoms with E-state index in [-0.39, 0.29) is 6.10 Å². The van der Waals surface area contributed by atoms with E-state index >= 15 is 0 Å². The Bertz CT molecular complexity index is 202. The zero-order valence-electron chi connectivity index (χ0n) is 7.49. The van der Waals surface area contributed by atoms with Crippen molar-refractivity contribution in [3.8, 4) is 0 Å². The summed E-state index contributed by atoms with van der Waals surface area (Å²) < 4.78 is 10.8. The van der Waals surface area contributed by atoms with Gasteiger partial charge < -0.3 is 14.6 Å². The third-order valence-corrected chi connectivity index (χ3v) is 2.86. The second-order valence-electron chi connectivity index (χ2n) is 3.65. The van der Waals surface area contributed by atoms with Gasteiger partial charge in [0.05, 0.1) is 6.10 Å². The van der Waals surface area contributed by atoms with Crippen molar-refractivity contribution in [2.75, 3.05) is 13.2 Å². The van der Waals surface area contributed by atoms with E-state index in [4.69, 9.17) is 14.6 Å². The van der Waals surface area contributed by atoms with Gasteiger partial charge in [-0.05, 0) is 25.7 Å². The van der Waals surface area contributed by atoms with E-state index in [1.54, 1.807) is 0 Å². The zero-order valence-corrected chi connectivity index (χ0v) is 7.49. The predicted molar refractivity (Wildman–Crippen MR) is 44.5 cm³/mol. The number of hydrogen-bond acceptors (Lipinski definition) is 3. The molecule has 2 saturated heterocycles. The Kier molecular flexibility index (Phi) is 2.26. The van der Waals surface area contributed by atoms with E-state index < -0.39 is 11.6 Å². The Labute approximate surface area is 76.8 Å². The molecule has 74 valence electrons. The van der Waals surface area contributed by atoms with E-state index in [9.17, 15) is 4.79 Å². The van der Waals surface area contributed by atoms with Gasteiger partial charge in [-0.15, -0.1) is 0 Å². The minimum Gasteiger partial charge on any atom is -0.479 e. The van der Waals surface area contributed by atoms with Crippen LogP contribution in [-0.2, 0) is 14.3 Å². The first-order chi connectivity index (χ1) is 6.26. The fraction of sp³-hybridized carbons (Fsp3) is 0.889. The molecule has 0 aromatic rings. The summed E-state index contributed by atoms with van der Waals surface area (Å²) in [5, 5.41) is 9.12. The molecule has 0 radical (unpaired) electrons. The summed E-state index contributed by atoms with van der Waals surface area (Å²) in [5.41, 5.74) is -1.03. The fourth-order valence-electron chi connectivity index (χ4n) is 2.17. The lowest BCUT2D eigenvalue weighted by molar-refractivity contribution is -0.175. The van der Waals surface area contributed by atoms with Gasteiger partial charge in [0.15, 0.2) is 5.60 Å². The van der Waals surface area contributed by atoms with Gasteiger partial charge in [-0.1, -0.05) is 0 Å². The molecule has 0 aliphatic carbocycles. The summed E-state index contributed by atoms with van der Waals surface area (Å²) in [4.78, 5) is 11.1. The maximum absolute atomic E-state index is 11.1. The van der Waals surface area contributed by atoms with Gasteiger partial charge in [0, 0.05) is 13.2 Å². The van der Waals surface area contributed by atoms with Gasteiger partial charge in [-0.3, -0.25) is 0 Å². The van der Waals surface area contributed by atoms with Crippen molar-refractivity contribution in [2.45, 2.75) is 37.4 Å². The summed E-state index contributed by atoms with van der Waals surface area (Å²) in [6.45, 7) is 1.22. The van der Waals surface area contributed by atoms with Crippen LogP contribution >= 0.6 is 0 Å². The van der Waals surface area contributed by atoms with Crippen LogP contribution in [0.15, 0.2) is 0 Å². The highest BCUT2D eigenvalue weighted by Gasteiger charge is 2.51. The second-order valence-corrected chi connectivity index (χ2v) is 3.65. The molecule has 0 aromatic heterocycles. The van der Waals surface area contributed by atoms with E-state index in [1.165, 1.54) is 0 Å². The number of ether oxygens (including phenoxy) is 2. The highest BCUT2D eigenvalue weighted by atomic mass is 16.6. The lowest BCUT2D eigenvalue weighted by Crippen LogP contribution is -2.48. The monoisotopic (exact) mass is 186 g/mol. The molecule has 13 heavy (non-hydrogen) atoms. The van der Waals surface area contributed by atoms with Crippen LogP contribution in [-0.4, -0.2) is 36.0 Å². The first-order valence-electron chi connectivity index (χ1n) is 4.75. The molecule has 2 aliphatic rings. The molecule has 4 heteroatoms. The maximum Gasteiger partial charge on any atom is 0.338 e. The molecule has 0 saturated carbocycles. The minimum absolute atomic E-state index is 0.229. The Hall–Kier alpha value is -0.610. The quantitative estimate of drug-likeness (QED) is 0.693. The second kappa shape index (κ2) is 3.27. The molecule has 2 aliphatic heterocycles. The van der Waals surface area contributed by atoms with Crippen molar-refractivity contribution in [1.82, 2.24) is 0 Å². The van der Waals surface area contributed by atoms with E-state index in [2.05, 4.69) is 0 Å². The molecule has 2 heterocycles. The van der Waals surface area contributed by atoms with Crippen molar-refractivity contribution in [1.29, 1.82) is 0 Å². The van der Waals surface area contributed by atoms with Crippen LogP contribution in [0.1, 0.15) is 25.7 Å². The summed E-state index contributed by atoms with van der Waals surface area (Å²) >= 11 is 0. The maximum atomic E-state index is 11.1. The smallest absolute Gasteiger partial charge is 0.338 e. The third kappa shape index (κ3) is 1.34. The molecule has 2 unspecified atom stereocenters. The van der Waals surface area contributed by atoms with Crippen LogP contribution < -0.4 is 0 Å². The largest absolute Gasteiger partial charge is 0.479 e. The molecule has 0 aromatic carbocycles. The van der Waals surface area contributed by atoms with Gasteiger partial charge in [0.25, 0.3) is 0 Å². The molecule has 1 N–H and O–H groups in total. The number of aliphatic carboxylic acids is 1. The Morgan fingerprint density at radius 2 is 2.23 bits per heavy atom. The van der Waals surface area contributed by atoms with E-state index in [0.717, 1.165) is 19.3 Å². The SMILES string of the molecule is O=C(O)C1(C2CCCO2)CCCO1. The zero-order chi connectivity index (χ0) is 9.31. The number of carbonyl (C=O) groups is 1. The van der Waals surface area contributed by atoms with Crippen molar-refractivity contribution in [3.05, 3.63) is 0 Å². The van der Waals surface area contributed by atoms with Gasteiger partial charge in [-0.2, -0.15) is 0 Å². The first kappa shape index (κ1) is 8.97. The molecule has 2 fully saturated rings. The van der Waals surface area contributed by atoms with Crippen LogP contribution in [0.2, 0.25) is 0 Å². The molecule has 0 bridgehead atoms. The summed E-state index contributed by atoms with van der Waals surface area (Å²) in [7, 11) is 0. The fourth-order valence-corrected chi connectivity index (χ4v) is 2.17. The third-order valence-electron chi connectivity index (χ3n) is 2.86. The predicted octanol–water partition coefficient (Wildman–Crippen LogP) is 0.799. The van der Waals surface area contributed by atoms with Crippen molar-refractivity contribution >= 4 is 5.97 Å². The Balaban J connectivity index is 2.16. The highest BCUT2D eigenvalue weighted by molar-refractivity contribution is 5.78. The Morgan fingerprint density at radius 3 is 2.69 bits per heavy atom. The molecular weight excluding hydrogens is 172 g/mol. The van der Waals surface area contributed by atoms with E-state index in [0.29, 0.717) is 19.6 Å². The van der Waals surface area contributed by atoms with Crippen LogP contribution in [0.4, 0.5) is 0 Å². The number of rotatable bonds is 2. The number of carboxylic acid groups (broad SMARTS) is 1. The summed E-state index contributed by atoms with van der Waals surface area (Å²) in [5.74, 6) is -0.864. The van der Waals surface area contributed by atoms with Crippen molar-refractivity contribution in [2.24, 2.45) is 0 Å². The van der Waals surface area contributed by atoms with Crippen LogP contribution in [0, 0.1) is 0 Å². The highest BCUT2D eigenvalue weighted by Crippen LogP contribution is 2.35. The van der Waals surface area contributed by atoms with Crippen molar-refractivity contribution < 1.29 is 19.4 Å². The lowest BCUT2D eigenvalue weighted by Gasteiger charge is -2.28. The van der Waals surface area contributed by atoms with E-state index in [1.807, 2.05) is 0 Å². The van der Waals surface area contributed by atoms with Crippen molar-refractivity contribution in [3.63, 3.8) is 0 Å². The molecule has 0 spiro atoms. The minimum atomic E-state index is -1.03. The average Bonchev–Trinajstić information content (AvgIpc) is 2.75. The van der Waals surface area contributed by atoms with Gasteiger partial charge in [-0.25, -0.2) is 4.79 Å². The molecule has 2 atom stereocenters. The first-order valence-corrected chi connectivity index (χ1v) is 4.75. The van der Waals surface area contributed by atoms with Crippen LogP contribution in [0.5, 0.6) is 0 Å². The normalized spacial score (nSPS) is 39.5. The number of hydrogen-bond donors (Lipinski definition) is 1. The average molecular weight is 186 g/mol. The molecule has 4 nitrogen and oxygen atoms in total. The topological polar surface area (TPSA) is 55.8 Å². The Morgan fingerprint density at radius 1 is 1.38 bits per heavy atom. The molecule has 0 amide bonds. The summed E-state index contributed by atoms with van der Waals surface area (Å²) in [6, 6.07) is 0. The summed E-state index contributed by atoms with van der Waals surface area (Å²) in [6.07, 6.45) is 2.95. The lowest BCUT2D eigenvalue weighted by atomic mass is 9.91. The molecule has 2 rings (SSSR count). The standard InChI is InChI=1S/C9H14O4/c10-8(11)9(4-2-6-13-9)7-3-1-5-12-7/h7H,1-6H2,(H,10,11). The molecular formula is C9H14O4. The van der Waals surface area contributed by atoms with Crippen LogP contribution in [0.3, 0.4) is 0 Å².